The molecule has 0 radical (unpaired) electrons. The Balaban J connectivity index is 2.35. The highest BCUT2D eigenvalue weighted by molar-refractivity contribution is 6.31. The van der Waals surface area contributed by atoms with E-state index >= 15 is 0 Å². The van der Waals surface area contributed by atoms with E-state index in [1.165, 1.54) is 17.7 Å². The molecular weight excluding hydrogens is 265 g/mol. The summed E-state index contributed by atoms with van der Waals surface area (Å²) in [7, 11) is 1.69. The van der Waals surface area contributed by atoms with Gasteiger partial charge in [-0.25, -0.2) is 4.39 Å². The molecule has 0 atom stereocenters. The van der Waals surface area contributed by atoms with Crippen molar-refractivity contribution >= 4 is 11.6 Å². The molecule has 1 aromatic carbocycles. The molecule has 0 bridgehead atoms. The van der Waals surface area contributed by atoms with Crippen LogP contribution in [0.2, 0.25) is 5.02 Å². The lowest BCUT2D eigenvalue weighted by Gasteiger charge is -2.06. The summed E-state index contributed by atoms with van der Waals surface area (Å²) in [5, 5.41) is 3.77. The fourth-order valence-electron chi connectivity index (χ4n) is 1.76. The summed E-state index contributed by atoms with van der Waals surface area (Å²) in [5.74, 6) is -0.294. The minimum atomic E-state index is -0.294. The molecule has 0 saturated heterocycles. The van der Waals surface area contributed by atoms with Gasteiger partial charge in [0.2, 0.25) is 0 Å². The Hall–Kier alpha value is -0.900. The van der Waals surface area contributed by atoms with E-state index in [0.29, 0.717) is 5.02 Å². The van der Waals surface area contributed by atoms with Crippen molar-refractivity contribution in [3.05, 3.63) is 46.3 Å². The van der Waals surface area contributed by atoms with Crippen LogP contribution >= 0.6 is 11.6 Å². The van der Waals surface area contributed by atoms with Crippen molar-refractivity contribution in [3.63, 3.8) is 0 Å². The van der Waals surface area contributed by atoms with Gasteiger partial charge in [0, 0.05) is 18.7 Å². The molecule has 0 unspecified atom stereocenters. The molecule has 0 aliphatic carbocycles. The summed E-state index contributed by atoms with van der Waals surface area (Å²) in [4.78, 5) is 0. The summed E-state index contributed by atoms with van der Waals surface area (Å²) in [6.07, 6.45) is 3.91. The minimum Gasteiger partial charge on any atom is -0.383 e. The molecular formula is C15H21ClFNO. The second kappa shape index (κ2) is 9.08. The molecule has 2 nitrogen and oxygen atoms in total. The number of methoxy groups -OCH3 is 1. The number of nitrogens with one attached hydrogen (secondary N) is 1. The van der Waals surface area contributed by atoms with Crippen molar-refractivity contribution in [2.75, 3.05) is 26.8 Å². The summed E-state index contributed by atoms with van der Waals surface area (Å²) < 4.78 is 17.9. The number of rotatable bonds is 8. The van der Waals surface area contributed by atoms with Crippen LogP contribution in [0, 0.1) is 5.82 Å². The first-order valence-electron chi connectivity index (χ1n) is 6.42. The molecule has 0 aliphatic heterocycles. The van der Waals surface area contributed by atoms with E-state index in [9.17, 15) is 4.39 Å². The Morgan fingerprint density at radius 3 is 2.89 bits per heavy atom. The standard InChI is InChI=1S/C15H21ClFNO/c1-12(4-3-7-18-8-9-19-2)10-13-5-6-14(17)11-15(13)16/h4-6,11,18H,3,7-10H2,1-2H3. The quantitative estimate of drug-likeness (QED) is 0.582. The number of hydrogen-bond donors (Lipinski definition) is 1. The van der Waals surface area contributed by atoms with Crippen LogP contribution in [0.15, 0.2) is 29.8 Å². The average Bonchev–Trinajstić information content (AvgIpc) is 2.37. The maximum Gasteiger partial charge on any atom is 0.124 e. The molecule has 1 rings (SSSR count). The zero-order chi connectivity index (χ0) is 14.1. The first-order valence-corrected chi connectivity index (χ1v) is 6.80. The van der Waals surface area contributed by atoms with Gasteiger partial charge in [-0.2, -0.15) is 0 Å². The van der Waals surface area contributed by atoms with Crippen LogP contribution in [-0.2, 0) is 11.2 Å². The Labute approximate surface area is 119 Å². The molecule has 0 heterocycles. The van der Waals surface area contributed by atoms with Crippen LogP contribution in [0.25, 0.3) is 0 Å². The average molecular weight is 286 g/mol. The first kappa shape index (κ1) is 16.2. The Morgan fingerprint density at radius 2 is 2.21 bits per heavy atom. The predicted octanol–water partition coefficient (Wildman–Crippen LogP) is 3.59. The van der Waals surface area contributed by atoms with Crippen molar-refractivity contribution < 1.29 is 9.13 Å². The van der Waals surface area contributed by atoms with Crippen molar-refractivity contribution in [3.8, 4) is 0 Å². The van der Waals surface area contributed by atoms with Gasteiger partial charge in [-0.05, 0) is 44.0 Å². The Bertz CT molecular complexity index is 421. The third-order valence-corrected chi connectivity index (χ3v) is 3.13. The third-order valence-electron chi connectivity index (χ3n) is 2.78. The molecule has 1 aromatic rings. The normalized spacial score (nSPS) is 11.9. The molecule has 0 aliphatic rings. The van der Waals surface area contributed by atoms with Crippen LogP contribution < -0.4 is 5.32 Å². The Kier molecular flexibility index (Phi) is 7.72. The molecule has 0 fully saturated rings. The summed E-state index contributed by atoms with van der Waals surface area (Å²) >= 11 is 6.00. The molecule has 0 spiro atoms. The molecule has 0 saturated carbocycles. The molecule has 0 aromatic heterocycles. The molecule has 106 valence electrons. The number of benzene rings is 1. The van der Waals surface area contributed by atoms with E-state index in [1.54, 1.807) is 13.2 Å². The predicted molar refractivity (Wildman–Crippen MR) is 78.2 cm³/mol. The van der Waals surface area contributed by atoms with Gasteiger partial charge in [0.15, 0.2) is 0 Å². The highest BCUT2D eigenvalue weighted by Crippen LogP contribution is 2.20. The Morgan fingerprint density at radius 1 is 1.42 bits per heavy atom. The van der Waals surface area contributed by atoms with Crippen molar-refractivity contribution in [1.29, 1.82) is 0 Å². The van der Waals surface area contributed by atoms with E-state index in [4.69, 9.17) is 16.3 Å². The monoisotopic (exact) mass is 285 g/mol. The lowest BCUT2D eigenvalue weighted by atomic mass is 10.1. The zero-order valence-electron chi connectivity index (χ0n) is 11.5. The molecule has 19 heavy (non-hydrogen) atoms. The van der Waals surface area contributed by atoms with Gasteiger partial charge in [-0.1, -0.05) is 29.3 Å². The molecule has 1 N–H and O–H groups in total. The van der Waals surface area contributed by atoms with Gasteiger partial charge in [-0.15, -0.1) is 0 Å². The van der Waals surface area contributed by atoms with E-state index in [0.717, 1.165) is 38.1 Å². The van der Waals surface area contributed by atoms with Crippen LogP contribution in [0.3, 0.4) is 0 Å². The number of allylic oxidation sites excluding steroid dienone is 1. The highest BCUT2D eigenvalue weighted by atomic mass is 35.5. The largest absolute Gasteiger partial charge is 0.383 e. The summed E-state index contributed by atoms with van der Waals surface area (Å²) in [5.41, 5.74) is 2.20. The van der Waals surface area contributed by atoms with Gasteiger partial charge in [-0.3, -0.25) is 0 Å². The van der Waals surface area contributed by atoms with E-state index in [-0.39, 0.29) is 5.82 Å². The SMILES string of the molecule is COCCNCCC=C(C)Cc1ccc(F)cc1Cl. The number of halogens is 2. The first-order chi connectivity index (χ1) is 9.13. The topological polar surface area (TPSA) is 21.3 Å². The van der Waals surface area contributed by atoms with Gasteiger partial charge in [0.25, 0.3) is 0 Å². The van der Waals surface area contributed by atoms with Crippen molar-refractivity contribution in [2.24, 2.45) is 0 Å². The summed E-state index contributed by atoms with van der Waals surface area (Å²) in [6, 6.07) is 4.54. The smallest absolute Gasteiger partial charge is 0.124 e. The van der Waals surface area contributed by atoms with Crippen molar-refractivity contribution in [2.45, 2.75) is 19.8 Å². The maximum atomic E-state index is 12.9. The maximum absolute atomic E-state index is 12.9. The molecule has 0 amide bonds. The minimum absolute atomic E-state index is 0.294. The van der Waals surface area contributed by atoms with Crippen LogP contribution in [0.5, 0.6) is 0 Å². The number of ether oxygens (including phenoxy) is 1. The van der Waals surface area contributed by atoms with Crippen LogP contribution in [-0.4, -0.2) is 26.8 Å². The van der Waals surface area contributed by atoms with Gasteiger partial charge in [0.1, 0.15) is 5.82 Å². The zero-order valence-corrected chi connectivity index (χ0v) is 12.3. The van der Waals surface area contributed by atoms with Crippen molar-refractivity contribution in [1.82, 2.24) is 5.32 Å². The lowest BCUT2D eigenvalue weighted by molar-refractivity contribution is 0.199. The fraction of sp³-hybridized carbons (Fsp3) is 0.467. The van der Waals surface area contributed by atoms with Gasteiger partial charge < -0.3 is 10.1 Å². The number of hydrogen-bond acceptors (Lipinski definition) is 2. The van der Waals surface area contributed by atoms with E-state index in [1.807, 2.05) is 0 Å². The lowest BCUT2D eigenvalue weighted by Crippen LogP contribution is -2.19. The van der Waals surface area contributed by atoms with E-state index in [2.05, 4.69) is 18.3 Å². The highest BCUT2D eigenvalue weighted by Gasteiger charge is 2.02. The van der Waals surface area contributed by atoms with E-state index < -0.39 is 0 Å². The fourth-order valence-corrected chi connectivity index (χ4v) is 1.99. The molecule has 4 heteroatoms. The third kappa shape index (κ3) is 6.71. The second-order valence-electron chi connectivity index (χ2n) is 4.49. The second-order valence-corrected chi connectivity index (χ2v) is 4.90. The van der Waals surface area contributed by atoms with Crippen LogP contribution in [0.4, 0.5) is 4.39 Å². The summed E-state index contributed by atoms with van der Waals surface area (Å²) in [6.45, 7) is 4.59. The van der Waals surface area contributed by atoms with Crippen LogP contribution in [0.1, 0.15) is 18.9 Å². The van der Waals surface area contributed by atoms with Gasteiger partial charge >= 0.3 is 0 Å². The van der Waals surface area contributed by atoms with Gasteiger partial charge in [0.05, 0.1) is 6.61 Å².